The summed E-state index contributed by atoms with van der Waals surface area (Å²) in [6.45, 7) is 3.74. The van der Waals surface area contributed by atoms with Gasteiger partial charge < -0.3 is 4.74 Å². The monoisotopic (exact) mass is 240 g/mol. The first-order valence-electron chi connectivity index (χ1n) is 6.88. The van der Waals surface area contributed by atoms with E-state index in [-0.39, 0.29) is 5.60 Å². The van der Waals surface area contributed by atoms with Crippen molar-refractivity contribution in [3.05, 3.63) is 12.7 Å². The summed E-state index contributed by atoms with van der Waals surface area (Å²) in [6, 6.07) is 0.402. The third kappa shape index (κ3) is 4.78. The summed E-state index contributed by atoms with van der Waals surface area (Å²) < 4.78 is 5.64. The van der Waals surface area contributed by atoms with Crippen molar-refractivity contribution >= 4 is 0 Å². The van der Waals surface area contributed by atoms with Gasteiger partial charge >= 0.3 is 0 Å². The van der Waals surface area contributed by atoms with E-state index in [4.69, 9.17) is 10.6 Å². The van der Waals surface area contributed by atoms with Crippen LogP contribution < -0.4 is 11.3 Å². The van der Waals surface area contributed by atoms with Crippen molar-refractivity contribution in [2.45, 2.75) is 69.4 Å². The molecular weight excluding hydrogens is 212 g/mol. The molecule has 3 N–H and O–H groups in total. The molecule has 3 heteroatoms. The number of hydrogen-bond acceptors (Lipinski definition) is 3. The average Bonchev–Trinajstić information content (AvgIpc) is 2.31. The summed E-state index contributed by atoms with van der Waals surface area (Å²) in [4.78, 5) is 0. The van der Waals surface area contributed by atoms with E-state index >= 15 is 0 Å². The maximum Gasteiger partial charge on any atom is 0.0694 e. The summed E-state index contributed by atoms with van der Waals surface area (Å²) in [7, 11) is 1.83. The highest BCUT2D eigenvalue weighted by Crippen LogP contribution is 2.39. The normalized spacial score (nSPS) is 19.6. The second-order valence-electron chi connectivity index (χ2n) is 5.24. The van der Waals surface area contributed by atoms with Crippen LogP contribution in [-0.4, -0.2) is 18.8 Å². The molecule has 0 radical (unpaired) electrons. The Morgan fingerprint density at radius 3 is 2.65 bits per heavy atom. The summed E-state index contributed by atoms with van der Waals surface area (Å²) in [6.07, 6.45) is 12.8. The van der Waals surface area contributed by atoms with Crippen molar-refractivity contribution < 1.29 is 4.74 Å². The fourth-order valence-electron chi connectivity index (χ4n) is 2.61. The molecular formula is C14H28N2O. The first-order chi connectivity index (χ1) is 8.26. The Morgan fingerprint density at radius 2 is 2.18 bits per heavy atom. The average molecular weight is 240 g/mol. The maximum atomic E-state index is 5.64. The molecule has 0 aromatic heterocycles. The van der Waals surface area contributed by atoms with E-state index in [1.54, 1.807) is 0 Å². The highest BCUT2D eigenvalue weighted by Gasteiger charge is 2.38. The first-order valence-corrected chi connectivity index (χ1v) is 6.88. The van der Waals surface area contributed by atoms with Gasteiger partial charge in [-0.05, 0) is 44.9 Å². The number of rotatable bonds is 10. The van der Waals surface area contributed by atoms with Crippen LogP contribution in [0.15, 0.2) is 12.7 Å². The number of nitrogens with one attached hydrogen (secondary N) is 1. The largest absolute Gasteiger partial charge is 0.378 e. The molecule has 1 unspecified atom stereocenters. The van der Waals surface area contributed by atoms with Gasteiger partial charge in [0.1, 0.15) is 0 Å². The molecule has 0 aromatic carbocycles. The molecule has 1 saturated carbocycles. The molecule has 0 aromatic rings. The minimum absolute atomic E-state index is 0.123. The van der Waals surface area contributed by atoms with Crippen molar-refractivity contribution in [2.24, 2.45) is 5.84 Å². The molecule has 17 heavy (non-hydrogen) atoms. The molecule has 0 heterocycles. The van der Waals surface area contributed by atoms with Crippen molar-refractivity contribution in [1.82, 2.24) is 5.43 Å². The standard InChI is InChI=1S/C14H28N2O/c1-3-4-5-6-7-9-13(16-15)12-14(17-2)10-8-11-14/h3,13,16H,1,4-12,15H2,2H3. The van der Waals surface area contributed by atoms with Gasteiger partial charge in [0, 0.05) is 13.2 Å². The quantitative estimate of drug-likeness (QED) is 0.267. The topological polar surface area (TPSA) is 47.3 Å². The van der Waals surface area contributed by atoms with Crippen LogP contribution in [0.3, 0.4) is 0 Å². The van der Waals surface area contributed by atoms with E-state index in [0.717, 1.165) is 19.3 Å². The number of allylic oxidation sites excluding steroid dienone is 1. The van der Waals surface area contributed by atoms with Crippen LogP contribution in [0.5, 0.6) is 0 Å². The number of ether oxygens (including phenoxy) is 1. The first kappa shape index (κ1) is 14.7. The summed E-state index contributed by atoms with van der Waals surface area (Å²) >= 11 is 0. The van der Waals surface area contributed by atoms with Gasteiger partial charge in [-0.3, -0.25) is 11.3 Å². The zero-order chi connectivity index (χ0) is 12.6. The smallest absolute Gasteiger partial charge is 0.0694 e. The van der Waals surface area contributed by atoms with Crippen molar-refractivity contribution in [2.75, 3.05) is 7.11 Å². The van der Waals surface area contributed by atoms with Crippen LogP contribution in [0.2, 0.25) is 0 Å². The van der Waals surface area contributed by atoms with Gasteiger partial charge in [-0.15, -0.1) is 6.58 Å². The minimum atomic E-state index is 0.123. The second kappa shape index (κ2) is 7.85. The summed E-state index contributed by atoms with van der Waals surface area (Å²) in [5, 5.41) is 0. The number of nitrogens with two attached hydrogens (primary N) is 1. The van der Waals surface area contributed by atoms with E-state index < -0.39 is 0 Å². The lowest BCUT2D eigenvalue weighted by Crippen LogP contribution is -2.47. The molecule has 0 bridgehead atoms. The van der Waals surface area contributed by atoms with Crippen LogP contribution in [0.4, 0.5) is 0 Å². The summed E-state index contributed by atoms with van der Waals surface area (Å²) in [5.41, 5.74) is 3.07. The van der Waals surface area contributed by atoms with Gasteiger partial charge in [-0.1, -0.05) is 18.9 Å². The number of methoxy groups -OCH3 is 1. The van der Waals surface area contributed by atoms with E-state index in [1.807, 2.05) is 13.2 Å². The Morgan fingerprint density at radius 1 is 1.41 bits per heavy atom. The number of hydrazine groups is 1. The van der Waals surface area contributed by atoms with Crippen LogP contribution >= 0.6 is 0 Å². The Kier molecular flexibility index (Phi) is 6.78. The molecule has 1 fully saturated rings. The Hall–Kier alpha value is -0.380. The van der Waals surface area contributed by atoms with Gasteiger partial charge in [-0.2, -0.15) is 0 Å². The zero-order valence-electron chi connectivity index (χ0n) is 11.2. The molecule has 1 rings (SSSR count). The fraction of sp³-hybridized carbons (Fsp3) is 0.857. The van der Waals surface area contributed by atoms with Crippen LogP contribution in [0.1, 0.15) is 57.8 Å². The highest BCUT2D eigenvalue weighted by atomic mass is 16.5. The SMILES string of the molecule is C=CCCCCCC(CC1(OC)CCC1)NN. The Bertz CT molecular complexity index is 209. The van der Waals surface area contributed by atoms with E-state index in [1.165, 1.54) is 38.5 Å². The molecule has 100 valence electrons. The van der Waals surface area contributed by atoms with Gasteiger partial charge in [0.25, 0.3) is 0 Å². The molecule has 0 amide bonds. The second-order valence-corrected chi connectivity index (χ2v) is 5.24. The minimum Gasteiger partial charge on any atom is -0.378 e. The number of hydrogen-bond donors (Lipinski definition) is 2. The summed E-state index contributed by atoms with van der Waals surface area (Å²) in [5.74, 6) is 5.63. The molecule has 0 aliphatic heterocycles. The predicted molar refractivity (Wildman–Crippen MR) is 72.6 cm³/mol. The van der Waals surface area contributed by atoms with Crippen molar-refractivity contribution in [3.63, 3.8) is 0 Å². The van der Waals surface area contributed by atoms with Crippen LogP contribution in [0.25, 0.3) is 0 Å². The Labute approximate surface area is 106 Å². The van der Waals surface area contributed by atoms with Gasteiger partial charge in [0.05, 0.1) is 5.60 Å². The zero-order valence-corrected chi connectivity index (χ0v) is 11.2. The Balaban J connectivity index is 2.16. The molecule has 3 nitrogen and oxygen atoms in total. The molecule has 1 aliphatic carbocycles. The third-order valence-electron chi connectivity index (χ3n) is 4.01. The van der Waals surface area contributed by atoms with E-state index in [2.05, 4.69) is 12.0 Å². The lowest BCUT2D eigenvalue weighted by molar-refractivity contribution is -0.0840. The predicted octanol–water partition coefficient (Wildman–Crippen LogP) is 2.91. The molecule has 0 spiro atoms. The molecule has 0 saturated heterocycles. The van der Waals surface area contributed by atoms with Gasteiger partial charge in [0.2, 0.25) is 0 Å². The lowest BCUT2D eigenvalue weighted by atomic mass is 9.75. The third-order valence-corrected chi connectivity index (χ3v) is 4.01. The van der Waals surface area contributed by atoms with Gasteiger partial charge in [-0.25, -0.2) is 0 Å². The van der Waals surface area contributed by atoms with E-state index in [9.17, 15) is 0 Å². The van der Waals surface area contributed by atoms with Crippen LogP contribution in [0, 0.1) is 0 Å². The van der Waals surface area contributed by atoms with Crippen LogP contribution in [-0.2, 0) is 4.74 Å². The van der Waals surface area contributed by atoms with E-state index in [0.29, 0.717) is 6.04 Å². The van der Waals surface area contributed by atoms with Gasteiger partial charge in [0.15, 0.2) is 0 Å². The van der Waals surface area contributed by atoms with Crippen molar-refractivity contribution in [1.29, 1.82) is 0 Å². The van der Waals surface area contributed by atoms with Crippen molar-refractivity contribution in [3.8, 4) is 0 Å². The molecule has 1 atom stereocenters. The molecule has 1 aliphatic rings. The fourth-order valence-corrected chi connectivity index (χ4v) is 2.61. The highest BCUT2D eigenvalue weighted by molar-refractivity contribution is 4.92. The lowest BCUT2D eigenvalue weighted by Gasteiger charge is -2.42. The maximum absolute atomic E-state index is 5.64. The number of unbranched alkanes of at least 4 members (excludes halogenated alkanes) is 3.